The van der Waals surface area contributed by atoms with E-state index in [4.69, 9.17) is 14.5 Å². The summed E-state index contributed by atoms with van der Waals surface area (Å²) in [6.45, 7) is 0. The number of hydrogen-bond donors (Lipinski definition) is 1. The minimum Gasteiger partial charge on any atom is -0.497 e. The van der Waals surface area contributed by atoms with E-state index in [9.17, 15) is 10.1 Å². The van der Waals surface area contributed by atoms with Gasteiger partial charge in [0.25, 0.3) is 0 Å². The van der Waals surface area contributed by atoms with Crippen LogP contribution in [0.4, 0.5) is 5.69 Å². The third-order valence-corrected chi connectivity index (χ3v) is 6.13. The van der Waals surface area contributed by atoms with E-state index < -0.39 is 0 Å². The number of ether oxygens (including phenoxy) is 2. The molecule has 1 aromatic carbocycles. The molecule has 2 aromatic rings. The van der Waals surface area contributed by atoms with E-state index in [1.807, 2.05) is 6.07 Å². The van der Waals surface area contributed by atoms with E-state index in [1.54, 1.807) is 32.4 Å². The Morgan fingerprint density at radius 2 is 1.97 bits per heavy atom. The van der Waals surface area contributed by atoms with Crippen molar-refractivity contribution in [3.05, 3.63) is 41.1 Å². The number of aryl methyl sites for hydroxylation is 2. The first-order chi connectivity index (χ1) is 14.6. The van der Waals surface area contributed by atoms with Crippen molar-refractivity contribution in [1.29, 1.82) is 5.26 Å². The summed E-state index contributed by atoms with van der Waals surface area (Å²) in [7, 11) is 3.13. The molecule has 0 unspecified atom stereocenters. The topological polar surface area (TPSA) is 84.2 Å². The summed E-state index contributed by atoms with van der Waals surface area (Å²) in [5.41, 5.74) is 3.53. The molecule has 1 N–H and O–H groups in total. The number of fused-ring (bicyclic) bond motifs is 1. The molecular weight excluding hydrogens is 398 g/mol. The molecule has 0 atom stereocenters. The van der Waals surface area contributed by atoms with E-state index in [0.29, 0.717) is 34.9 Å². The van der Waals surface area contributed by atoms with Crippen LogP contribution in [0.5, 0.6) is 11.5 Å². The molecule has 0 bridgehead atoms. The zero-order valence-electron chi connectivity index (χ0n) is 17.5. The van der Waals surface area contributed by atoms with Crippen LogP contribution in [0, 0.1) is 11.3 Å². The highest BCUT2D eigenvalue weighted by Crippen LogP contribution is 2.30. The van der Waals surface area contributed by atoms with Gasteiger partial charge in [-0.25, -0.2) is 4.98 Å². The van der Waals surface area contributed by atoms with Crippen LogP contribution in [-0.2, 0) is 17.6 Å². The monoisotopic (exact) mass is 425 g/mol. The molecule has 1 heterocycles. The van der Waals surface area contributed by atoms with Gasteiger partial charge in [-0.05, 0) is 49.4 Å². The highest BCUT2D eigenvalue weighted by Gasteiger charge is 2.15. The summed E-state index contributed by atoms with van der Waals surface area (Å²) in [6, 6.07) is 9.53. The van der Waals surface area contributed by atoms with Crippen molar-refractivity contribution in [2.75, 3.05) is 25.3 Å². The zero-order valence-corrected chi connectivity index (χ0v) is 18.3. The second-order valence-corrected chi connectivity index (χ2v) is 8.27. The maximum absolute atomic E-state index is 12.4. The molecule has 3 rings (SSSR count). The van der Waals surface area contributed by atoms with Crippen LogP contribution >= 0.6 is 11.8 Å². The van der Waals surface area contributed by atoms with Crippen LogP contribution < -0.4 is 14.8 Å². The molecule has 0 saturated heterocycles. The van der Waals surface area contributed by atoms with Gasteiger partial charge in [0.15, 0.2) is 0 Å². The van der Waals surface area contributed by atoms with Crippen molar-refractivity contribution in [3.63, 3.8) is 0 Å². The van der Waals surface area contributed by atoms with Crippen LogP contribution in [0.25, 0.3) is 0 Å². The Kier molecular flexibility index (Phi) is 7.97. The average molecular weight is 426 g/mol. The number of amides is 1. The number of anilines is 1. The first-order valence-electron chi connectivity index (χ1n) is 10.2. The molecule has 0 saturated carbocycles. The summed E-state index contributed by atoms with van der Waals surface area (Å²) in [6.07, 6.45) is 7.04. The molecule has 1 amide bonds. The van der Waals surface area contributed by atoms with Crippen LogP contribution in [0.3, 0.4) is 0 Å². The van der Waals surface area contributed by atoms with Gasteiger partial charge in [0.2, 0.25) is 5.91 Å². The lowest BCUT2D eigenvalue weighted by Gasteiger charge is -2.15. The van der Waals surface area contributed by atoms with Gasteiger partial charge in [0.1, 0.15) is 22.6 Å². The average Bonchev–Trinajstić information content (AvgIpc) is 2.74. The van der Waals surface area contributed by atoms with Gasteiger partial charge in [0.05, 0.1) is 25.5 Å². The van der Waals surface area contributed by atoms with Crippen molar-refractivity contribution in [2.24, 2.45) is 0 Å². The molecule has 1 aromatic heterocycles. The number of hydrogen-bond acceptors (Lipinski definition) is 6. The van der Waals surface area contributed by atoms with Crippen molar-refractivity contribution >= 4 is 23.4 Å². The number of nitrogens with zero attached hydrogens (tertiary/aromatic N) is 2. The van der Waals surface area contributed by atoms with E-state index in [2.05, 4.69) is 11.4 Å². The molecule has 7 heteroatoms. The molecule has 0 spiro atoms. The third-order valence-electron chi connectivity index (χ3n) is 5.14. The predicted octanol–water partition coefficient (Wildman–Crippen LogP) is 4.75. The van der Waals surface area contributed by atoms with Crippen LogP contribution in [-0.4, -0.2) is 30.9 Å². The van der Waals surface area contributed by atoms with Crippen LogP contribution in [0.15, 0.2) is 29.3 Å². The number of carbonyl (C=O) groups is 1. The third kappa shape index (κ3) is 5.67. The summed E-state index contributed by atoms with van der Waals surface area (Å²) in [4.78, 5) is 17.2. The number of nitrogens with one attached hydrogen (secondary N) is 1. The number of aromatic nitrogens is 1. The number of rotatable bonds is 7. The number of nitriles is 1. The van der Waals surface area contributed by atoms with E-state index >= 15 is 0 Å². The first-order valence-corrected chi connectivity index (χ1v) is 11.2. The number of benzene rings is 1. The molecule has 1 aliphatic carbocycles. The lowest BCUT2D eigenvalue weighted by atomic mass is 9.96. The Labute approximate surface area is 182 Å². The molecular formula is C23H27N3O3S. The van der Waals surface area contributed by atoms with E-state index in [1.165, 1.54) is 30.2 Å². The van der Waals surface area contributed by atoms with Gasteiger partial charge in [-0.3, -0.25) is 4.79 Å². The van der Waals surface area contributed by atoms with Gasteiger partial charge in [-0.15, -0.1) is 11.8 Å². The molecule has 0 fully saturated rings. The molecule has 6 nitrogen and oxygen atoms in total. The van der Waals surface area contributed by atoms with Gasteiger partial charge < -0.3 is 14.8 Å². The highest BCUT2D eigenvalue weighted by atomic mass is 32.2. The Morgan fingerprint density at radius 3 is 2.70 bits per heavy atom. The normalized spacial score (nSPS) is 13.4. The van der Waals surface area contributed by atoms with Crippen LogP contribution in [0.1, 0.15) is 48.9 Å². The summed E-state index contributed by atoms with van der Waals surface area (Å²) in [5.74, 6) is 1.64. The number of methoxy groups -OCH3 is 2. The minimum absolute atomic E-state index is 0.115. The first kappa shape index (κ1) is 22.0. The van der Waals surface area contributed by atoms with Crippen LogP contribution in [0.2, 0.25) is 0 Å². The number of carbonyl (C=O) groups excluding carboxylic acids is 1. The van der Waals surface area contributed by atoms with E-state index in [-0.39, 0.29) is 5.91 Å². The minimum atomic E-state index is -0.115. The zero-order chi connectivity index (χ0) is 21.3. The highest BCUT2D eigenvalue weighted by molar-refractivity contribution is 7.99. The second-order valence-electron chi connectivity index (χ2n) is 7.19. The standard InChI is InChI=1S/C23H27N3O3S/c1-28-18-9-10-20(21(14-18)29-2)25-22(27)11-12-30-23-17(15-24)13-16-7-5-3-4-6-8-19(16)26-23/h9-10,13-14H,3-8,11-12H2,1-2H3,(H,25,27). The molecule has 0 radical (unpaired) electrons. The Hall–Kier alpha value is -2.72. The number of thioether (sulfide) groups is 1. The van der Waals surface area contributed by atoms with Gasteiger partial charge in [-0.2, -0.15) is 5.26 Å². The van der Waals surface area contributed by atoms with E-state index in [0.717, 1.165) is 36.4 Å². The van der Waals surface area contributed by atoms with Crippen molar-refractivity contribution < 1.29 is 14.3 Å². The smallest absolute Gasteiger partial charge is 0.225 e. The molecule has 158 valence electrons. The Bertz CT molecular complexity index is 940. The fourth-order valence-corrected chi connectivity index (χ4v) is 4.43. The number of pyridine rings is 1. The molecule has 1 aliphatic rings. The van der Waals surface area contributed by atoms with Crippen molar-refractivity contribution in [3.8, 4) is 17.6 Å². The molecule has 0 aliphatic heterocycles. The van der Waals surface area contributed by atoms with Gasteiger partial charge >= 0.3 is 0 Å². The Balaban J connectivity index is 1.61. The Morgan fingerprint density at radius 1 is 1.17 bits per heavy atom. The van der Waals surface area contributed by atoms with Gasteiger partial charge in [0, 0.05) is 23.9 Å². The fraction of sp³-hybridized carbons (Fsp3) is 0.435. The van der Waals surface area contributed by atoms with Gasteiger partial charge in [-0.1, -0.05) is 12.8 Å². The summed E-state index contributed by atoms with van der Waals surface area (Å²) < 4.78 is 10.5. The SMILES string of the molecule is COc1ccc(NC(=O)CCSc2nc3c(cc2C#N)CCCCCC3)c(OC)c1. The lowest BCUT2D eigenvalue weighted by molar-refractivity contribution is -0.115. The predicted molar refractivity (Wildman–Crippen MR) is 118 cm³/mol. The molecule has 30 heavy (non-hydrogen) atoms. The lowest BCUT2D eigenvalue weighted by Crippen LogP contribution is -2.13. The summed E-state index contributed by atoms with van der Waals surface area (Å²) >= 11 is 1.47. The van der Waals surface area contributed by atoms with Crippen molar-refractivity contribution in [1.82, 2.24) is 4.98 Å². The van der Waals surface area contributed by atoms with Crippen molar-refractivity contribution in [2.45, 2.75) is 50.0 Å². The maximum Gasteiger partial charge on any atom is 0.225 e. The largest absolute Gasteiger partial charge is 0.497 e. The maximum atomic E-state index is 12.4. The summed E-state index contributed by atoms with van der Waals surface area (Å²) in [5, 5.41) is 13.1. The second kappa shape index (κ2) is 10.9. The fourth-order valence-electron chi connectivity index (χ4n) is 3.51. The quantitative estimate of drug-likeness (QED) is 0.645.